The zero-order valence-electron chi connectivity index (χ0n) is 13.1. The molecule has 2 fully saturated rings. The molecule has 0 aromatic carbocycles. The van der Waals surface area contributed by atoms with Gasteiger partial charge in [-0.2, -0.15) is 4.98 Å². The first-order chi connectivity index (χ1) is 11.1. The summed E-state index contributed by atoms with van der Waals surface area (Å²) in [6, 6.07) is -0.188. The summed E-state index contributed by atoms with van der Waals surface area (Å²) in [4.78, 5) is 19.8. The van der Waals surface area contributed by atoms with Crippen LogP contribution in [0.3, 0.4) is 0 Å². The number of aromatic nitrogens is 2. The van der Waals surface area contributed by atoms with E-state index in [-0.39, 0.29) is 34.4 Å². The minimum atomic E-state index is -0.559. The predicted octanol–water partition coefficient (Wildman–Crippen LogP) is 3.58. The minimum Gasteiger partial charge on any atom is -0.469 e. The van der Waals surface area contributed by atoms with Gasteiger partial charge in [0.1, 0.15) is 0 Å². The topological polar surface area (TPSA) is 64.1 Å². The van der Waals surface area contributed by atoms with Crippen LogP contribution in [0.2, 0.25) is 5.28 Å². The zero-order chi connectivity index (χ0) is 16.4. The molecule has 1 heterocycles. The van der Waals surface area contributed by atoms with Gasteiger partial charge < -0.3 is 10.1 Å². The van der Waals surface area contributed by atoms with E-state index >= 15 is 0 Å². The quantitative estimate of drug-likeness (QED) is 0.672. The summed E-state index contributed by atoms with van der Waals surface area (Å²) in [5, 5.41) is 3.16. The molecule has 23 heavy (non-hydrogen) atoms. The number of ether oxygens (including phenoxy) is 1. The molecule has 3 rings (SSSR count). The molecule has 0 unspecified atom stereocenters. The molecule has 5 nitrogen and oxygen atoms in total. The lowest BCUT2D eigenvalue weighted by Crippen LogP contribution is -2.50. The standard InChI is InChI=1S/C16H21ClFN3O2/c1-23-14(22)10-5-4-8-16(6-2-3-7-16)12(10)20-13-11(18)9-19-15(17)21-13/h9-10,12H,2-8H2,1H3,(H,19,20,21)/t10-,12+/m1/s1. The van der Waals surface area contributed by atoms with E-state index in [2.05, 4.69) is 15.3 Å². The third kappa shape index (κ3) is 3.13. The lowest BCUT2D eigenvalue weighted by Gasteiger charge is -2.45. The van der Waals surface area contributed by atoms with Crippen molar-refractivity contribution in [3.05, 3.63) is 17.3 Å². The van der Waals surface area contributed by atoms with Crippen molar-refractivity contribution < 1.29 is 13.9 Å². The van der Waals surface area contributed by atoms with E-state index < -0.39 is 5.82 Å². The van der Waals surface area contributed by atoms with Crippen LogP contribution in [0.5, 0.6) is 0 Å². The summed E-state index contributed by atoms with van der Waals surface area (Å²) >= 11 is 5.79. The van der Waals surface area contributed by atoms with Crippen LogP contribution in [-0.2, 0) is 9.53 Å². The maximum atomic E-state index is 14.0. The third-order valence-corrected chi connectivity index (χ3v) is 5.54. The van der Waals surface area contributed by atoms with Gasteiger partial charge in [-0.3, -0.25) is 4.79 Å². The summed E-state index contributed by atoms with van der Waals surface area (Å²) in [5.74, 6) is -1.03. The Bertz CT molecular complexity index is 593. The van der Waals surface area contributed by atoms with Crippen LogP contribution in [0, 0.1) is 17.2 Å². The number of halogens is 2. The number of rotatable bonds is 3. The number of carbonyl (C=O) groups is 1. The van der Waals surface area contributed by atoms with Crippen molar-refractivity contribution in [1.82, 2.24) is 9.97 Å². The highest BCUT2D eigenvalue weighted by Gasteiger charge is 2.50. The smallest absolute Gasteiger partial charge is 0.310 e. The molecule has 1 aromatic rings. The molecule has 0 bridgehead atoms. The Labute approximate surface area is 140 Å². The van der Waals surface area contributed by atoms with Crippen molar-refractivity contribution in [3.8, 4) is 0 Å². The molecule has 2 aliphatic rings. The van der Waals surface area contributed by atoms with Crippen molar-refractivity contribution in [1.29, 1.82) is 0 Å². The zero-order valence-corrected chi connectivity index (χ0v) is 13.9. The number of anilines is 1. The largest absolute Gasteiger partial charge is 0.469 e. The summed E-state index contributed by atoms with van der Waals surface area (Å²) in [7, 11) is 1.40. The highest BCUT2D eigenvalue weighted by Crippen LogP contribution is 2.52. The van der Waals surface area contributed by atoms with Crippen LogP contribution in [0.1, 0.15) is 44.9 Å². The molecule has 7 heteroatoms. The second-order valence-electron chi connectivity index (χ2n) is 6.55. The van der Waals surface area contributed by atoms with Gasteiger partial charge in [-0.25, -0.2) is 9.37 Å². The Morgan fingerprint density at radius 2 is 2.09 bits per heavy atom. The predicted molar refractivity (Wildman–Crippen MR) is 84.7 cm³/mol. The van der Waals surface area contributed by atoms with E-state index in [0.29, 0.717) is 0 Å². The Morgan fingerprint density at radius 1 is 1.39 bits per heavy atom. The molecule has 1 spiro atoms. The normalized spacial score (nSPS) is 26.2. The van der Waals surface area contributed by atoms with Gasteiger partial charge in [0.2, 0.25) is 5.28 Å². The van der Waals surface area contributed by atoms with E-state index in [0.717, 1.165) is 51.1 Å². The van der Waals surface area contributed by atoms with Crippen molar-refractivity contribution >= 4 is 23.4 Å². The van der Waals surface area contributed by atoms with Gasteiger partial charge in [-0.1, -0.05) is 19.3 Å². The first-order valence-electron chi connectivity index (χ1n) is 8.08. The SMILES string of the molecule is COC(=O)[C@@H]1CCCC2(CCCC2)[C@H]1Nc1nc(Cl)ncc1F. The van der Waals surface area contributed by atoms with Gasteiger partial charge in [0.25, 0.3) is 0 Å². The van der Waals surface area contributed by atoms with Gasteiger partial charge >= 0.3 is 5.97 Å². The maximum absolute atomic E-state index is 14.0. The minimum absolute atomic E-state index is 0.000965. The second kappa shape index (κ2) is 6.59. The summed E-state index contributed by atoms with van der Waals surface area (Å²) in [5.41, 5.74) is 0.000965. The Kier molecular flexibility index (Phi) is 4.71. The molecular formula is C16H21ClFN3O2. The van der Waals surface area contributed by atoms with Crippen LogP contribution < -0.4 is 5.32 Å². The van der Waals surface area contributed by atoms with E-state index in [1.165, 1.54) is 7.11 Å². The molecule has 0 radical (unpaired) electrons. The lowest BCUT2D eigenvalue weighted by molar-refractivity contribution is -0.148. The number of nitrogens with zero attached hydrogens (tertiary/aromatic N) is 2. The molecule has 2 aliphatic carbocycles. The van der Waals surface area contributed by atoms with Gasteiger partial charge in [-0.05, 0) is 42.7 Å². The Morgan fingerprint density at radius 3 is 2.78 bits per heavy atom. The van der Waals surface area contributed by atoms with E-state index in [4.69, 9.17) is 16.3 Å². The summed E-state index contributed by atoms with van der Waals surface area (Å²) in [6.45, 7) is 0. The van der Waals surface area contributed by atoms with Crippen LogP contribution in [-0.4, -0.2) is 29.1 Å². The fourth-order valence-electron chi connectivity index (χ4n) is 4.32. The number of carbonyl (C=O) groups excluding carboxylic acids is 1. The van der Waals surface area contributed by atoms with E-state index in [1.807, 2.05) is 0 Å². The van der Waals surface area contributed by atoms with Crippen LogP contribution in [0.15, 0.2) is 6.20 Å². The first-order valence-corrected chi connectivity index (χ1v) is 8.46. The van der Waals surface area contributed by atoms with Crippen molar-refractivity contribution in [2.75, 3.05) is 12.4 Å². The number of nitrogens with one attached hydrogen (secondary N) is 1. The highest BCUT2D eigenvalue weighted by atomic mass is 35.5. The Balaban J connectivity index is 1.94. The van der Waals surface area contributed by atoms with E-state index in [9.17, 15) is 9.18 Å². The number of hydrogen-bond acceptors (Lipinski definition) is 5. The molecule has 126 valence electrons. The summed E-state index contributed by atoms with van der Waals surface area (Å²) in [6.07, 6.45) is 8.18. The number of esters is 1. The number of methoxy groups -OCH3 is 1. The molecule has 0 amide bonds. The van der Waals surface area contributed by atoms with Crippen molar-refractivity contribution in [3.63, 3.8) is 0 Å². The van der Waals surface area contributed by atoms with Gasteiger partial charge in [-0.15, -0.1) is 0 Å². The summed E-state index contributed by atoms with van der Waals surface area (Å²) < 4.78 is 19.0. The van der Waals surface area contributed by atoms with Crippen molar-refractivity contribution in [2.24, 2.45) is 11.3 Å². The van der Waals surface area contributed by atoms with Crippen LogP contribution in [0.4, 0.5) is 10.2 Å². The fourth-order valence-corrected chi connectivity index (χ4v) is 4.45. The number of hydrogen-bond donors (Lipinski definition) is 1. The molecule has 0 aliphatic heterocycles. The van der Waals surface area contributed by atoms with Gasteiger partial charge in [0, 0.05) is 6.04 Å². The third-order valence-electron chi connectivity index (χ3n) is 5.36. The molecule has 2 saturated carbocycles. The second-order valence-corrected chi connectivity index (χ2v) is 6.89. The average molecular weight is 342 g/mol. The molecule has 1 N–H and O–H groups in total. The highest BCUT2D eigenvalue weighted by molar-refractivity contribution is 6.28. The molecule has 0 saturated heterocycles. The molecular weight excluding hydrogens is 321 g/mol. The molecule has 1 aromatic heterocycles. The van der Waals surface area contributed by atoms with Crippen LogP contribution in [0.25, 0.3) is 0 Å². The average Bonchev–Trinajstić information content (AvgIpc) is 3.01. The van der Waals surface area contributed by atoms with Crippen molar-refractivity contribution in [2.45, 2.75) is 51.0 Å². The van der Waals surface area contributed by atoms with Gasteiger partial charge in [0.15, 0.2) is 11.6 Å². The maximum Gasteiger partial charge on any atom is 0.310 e. The Hall–Kier alpha value is -1.43. The fraction of sp³-hybridized carbons (Fsp3) is 0.688. The lowest BCUT2D eigenvalue weighted by atomic mass is 9.64. The monoisotopic (exact) mass is 341 g/mol. The van der Waals surface area contributed by atoms with Gasteiger partial charge in [0.05, 0.1) is 19.2 Å². The van der Waals surface area contributed by atoms with Crippen LogP contribution >= 0.6 is 11.6 Å². The first kappa shape index (κ1) is 16.4. The van der Waals surface area contributed by atoms with E-state index in [1.54, 1.807) is 0 Å². The molecule has 2 atom stereocenters.